The number of hydrogen-bond donors (Lipinski definition) is 1. The Labute approximate surface area is 173 Å². The van der Waals surface area contributed by atoms with Crippen molar-refractivity contribution in [2.45, 2.75) is 29.5 Å². The van der Waals surface area contributed by atoms with Crippen molar-refractivity contribution in [1.29, 1.82) is 0 Å². The molecule has 0 spiro atoms. The lowest BCUT2D eigenvalue weighted by Gasteiger charge is -2.36. The number of benzene rings is 2. The fourth-order valence-corrected chi connectivity index (χ4v) is 5.43. The normalized spacial score (nSPS) is 20.7. The van der Waals surface area contributed by atoms with E-state index >= 15 is 0 Å². The van der Waals surface area contributed by atoms with Crippen molar-refractivity contribution in [3.63, 3.8) is 0 Å². The van der Waals surface area contributed by atoms with E-state index in [1.54, 1.807) is 42.5 Å². The SMILES string of the molecule is O=S(=O)(c1ccccc1)N1CCN(c2ccc(C(O)(C3CC3)C(F)(F)F)cc2)CC1. The Morgan fingerprint density at radius 1 is 0.867 bits per heavy atom. The molecule has 0 radical (unpaired) electrons. The number of rotatable bonds is 5. The predicted molar refractivity (Wildman–Crippen MR) is 107 cm³/mol. The van der Waals surface area contributed by atoms with Crippen LogP contribution in [0.25, 0.3) is 0 Å². The molecule has 1 aliphatic heterocycles. The third kappa shape index (κ3) is 3.70. The van der Waals surface area contributed by atoms with E-state index in [4.69, 9.17) is 0 Å². The molecular weight excluding hydrogens is 417 g/mol. The molecule has 5 nitrogen and oxygen atoms in total. The summed E-state index contributed by atoms with van der Waals surface area (Å²) in [6.07, 6.45) is -4.02. The van der Waals surface area contributed by atoms with Crippen LogP contribution in [0.3, 0.4) is 0 Å². The van der Waals surface area contributed by atoms with Gasteiger partial charge in [0.25, 0.3) is 0 Å². The number of aliphatic hydroxyl groups is 1. The Bertz CT molecular complexity index is 984. The average molecular weight is 440 g/mol. The number of alkyl halides is 3. The maximum absolute atomic E-state index is 13.5. The van der Waals surface area contributed by atoms with Crippen molar-refractivity contribution in [3.8, 4) is 0 Å². The summed E-state index contributed by atoms with van der Waals surface area (Å²) in [5, 5.41) is 10.4. The molecule has 2 aromatic carbocycles. The number of hydrogen-bond acceptors (Lipinski definition) is 4. The molecule has 162 valence electrons. The molecule has 2 aromatic rings. The highest BCUT2D eigenvalue weighted by molar-refractivity contribution is 7.89. The highest BCUT2D eigenvalue weighted by Crippen LogP contribution is 2.54. The fraction of sp³-hybridized carbons (Fsp3) is 0.429. The third-order valence-electron chi connectivity index (χ3n) is 5.89. The van der Waals surface area contributed by atoms with Gasteiger partial charge in [0.2, 0.25) is 10.0 Å². The zero-order valence-corrected chi connectivity index (χ0v) is 17.0. The highest BCUT2D eigenvalue weighted by Gasteiger charge is 2.62. The van der Waals surface area contributed by atoms with Crippen molar-refractivity contribution >= 4 is 15.7 Å². The molecule has 9 heteroatoms. The van der Waals surface area contributed by atoms with Gasteiger partial charge in [-0.05, 0) is 42.7 Å². The molecule has 0 amide bonds. The minimum absolute atomic E-state index is 0.147. The minimum atomic E-state index is -4.73. The topological polar surface area (TPSA) is 60.9 Å². The van der Waals surface area contributed by atoms with Crippen molar-refractivity contribution < 1.29 is 26.7 Å². The number of nitrogens with zero attached hydrogens (tertiary/aromatic N) is 2. The van der Waals surface area contributed by atoms with Gasteiger partial charge in [-0.25, -0.2) is 8.42 Å². The van der Waals surface area contributed by atoms with Gasteiger partial charge in [0.15, 0.2) is 5.60 Å². The molecule has 1 atom stereocenters. The van der Waals surface area contributed by atoms with E-state index in [1.165, 1.54) is 16.4 Å². The predicted octanol–water partition coefficient (Wildman–Crippen LogP) is 3.36. The summed E-state index contributed by atoms with van der Waals surface area (Å²) in [6, 6.07) is 14.0. The van der Waals surface area contributed by atoms with Crippen LogP contribution in [0.5, 0.6) is 0 Å². The Morgan fingerprint density at radius 3 is 1.93 bits per heavy atom. The first-order valence-corrected chi connectivity index (χ1v) is 11.3. The van der Waals surface area contributed by atoms with Crippen LogP contribution in [0, 0.1) is 5.92 Å². The molecule has 4 rings (SSSR count). The van der Waals surface area contributed by atoms with Crippen LogP contribution in [0.4, 0.5) is 18.9 Å². The van der Waals surface area contributed by atoms with Crippen molar-refractivity contribution in [2.24, 2.45) is 5.92 Å². The molecular formula is C21H23F3N2O3S. The maximum Gasteiger partial charge on any atom is 0.421 e. The van der Waals surface area contributed by atoms with Crippen molar-refractivity contribution in [3.05, 3.63) is 60.2 Å². The molecule has 30 heavy (non-hydrogen) atoms. The second kappa shape index (κ2) is 7.55. The van der Waals surface area contributed by atoms with Crippen LogP contribution in [-0.2, 0) is 15.6 Å². The summed E-state index contributed by atoms with van der Waals surface area (Å²) in [5.74, 6) is -0.796. The largest absolute Gasteiger partial charge is 0.421 e. The lowest BCUT2D eigenvalue weighted by molar-refractivity contribution is -0.275. The Balaban J connectivity index is 1.46. The number of anilines is 1. The van der Waals surface area contributed by atoms with Gasteiger partial charge in [-0.1, -0.05) is 30.3 Å². The molecule has 1 aliphatic carbocycles. The monoisotopic (exact) mass is 440 g/mol. The van der Waals surface area contributed by atoms with Gasteiger partial charge in [0.05, 0.1) is 4.90 Å². The Morgan fingerprint density at radius 2 is 1.43 bits per heavy atom. The average Bonchev–Trinajstić information content (AvgIpc) is 3.59. The highest BCUT2D eigenvalue weighted by atomic mass is 32.2. The molecule has 1 saturated heterocycles. The van der Waals surface area contributed by atoms with Gasteiger partial charge >= 0.3 is 6.18 Å². The number of halogens is 3. The van der Waals surface area contributed by atoms with Gasteiger partial charge in [-0.15, -0.1) is 0 Å². The Hall–Kier alpha value is -2.10. The standard InChI is InChI=1S/C21H23F3N2O3S/c22-21(23,24)20(27,16-6-7-16)17-8-10-18(11-9-17)25-12-14-26(15-13-25)30(28,29)19-4-2-1-3-5-19/h1-5,8-11,16,27H,6-7,12-15H2. The van der Waals surface area contributed by atoms with E-state index < -0.39 is 27.7 Å². The smallest absolute Gasteiger partial charge is 0.376 e. The van der Waals surface area contributed by atoms with Gasteiger partial charge in [0, 0.05) is 37.8 Å². The summed E-state index contributed by atoms with van der Waals surface area (Å²) in [4.78, 5) is 2.18. The van der Waals surface area contributed by atoms with Crippen LogP contribution in [0.15, 0.2) is 59.5 Å². The first kappa shape index (κ1) is 21.1. The first-order valence-electron chi connectivity index (χ1n) is 9.84. The zero-order chi connectivity index (χ0) is 21.6. The molecule has 1 N–H and O–H groups in total. The zero-order valence-electron chi connectivity index (χ0n) is 16.2. The Kier molecular flexibility index (Phi) is 5.32. The van der Waals surface area contributed by atoms with E-state index in [1.807, 2.05) is 4.90 Å². The van der Waals surface area contributed by atoms with Gasteiger partial charge in [0.1, 0.15) is 0 Å². The van der Waals surface area contributed by atoms with Crippen molar-refractivity contribution in [2.75, 3.05) is 31.1 Å². The minimum Gasteiger partial charge on any atom is -0.376 e. The summed E-state index contributed by atoms with van der Waals surface area (Å²) in [5.41, 5.74) is -2.25. The maximum atomic E-state index is 13.5. The fourth-order valence-electron chi connectivity index (χ4n) is 3.99. The molecule has 1 heterocycles. The van der Waals surface area contributed by atoms with Crippen LogP contribution < -0.4 is 4.90 Å². The second-order valence-corrected chi connectivity index (χ2v) is 9.73. The molecule has 1 unspecified atom stereocenters. The summed E-state index contributed by atoms with van der Waals surface area (Å²) in [6.45, 7) is 1.43. The first-order chi connectivity index (χ1) is 14.1. The van der Waals surface area contributed by atoms with Crippen molar-refractivity contribution in [1.82, 2.24) is 4.31 Å². The molecule has 1 saturated carbocycles. The number of piperazine rings is 1. The van der Waals surface area contributed by atoms with E-state index in [9.17, 15) is 26.7 Å². The van der Waals surface area contributed by atoms with Gasteiger partial charge in [-0.3, -0.25) is 0 Å². The molecule has 0 aromatic heterocycles. The molecule has 2 fully saturated rings. The van der Waals surface area contributed by atoms with Gasteiger partial charge < -0.3 is 10.0 Å². The summed E-state index contributed by atoms with van der Waals surface area (Å²) >= 11 is 0. The molecule has 0 bridgehead atoms. The third-order valence-corrected chi connectivity index (χ3v) is 7.81. The molecule has 2 aliphatic rings. The van der Waals surface area contributed by atoms with E-state index in [0.29, 0.717) is 31.6 Å². The van der Waals surface area contributed by atoms with Crippen LogP contribution in [0.2, 0.25) is 0 Å². The summed E-state index contributed by atoms with van der Waals surface area (Å²) < 4.78 is 67.4. The van der Waals surface area contributed by atoms with E-state index in [-0.39, 0.29) is 23.5 Å². The van der Waals surface area contributed by atoms with Crippen LogP contribution >= 0.6 is 0 Å². The quantitative estimate of drug-likeness (QED) is 0.775. The van der Waals surface area contributed by atoms with Gasteiger partial charge in [-0.2, -0.15) is 17.5 Å². The van der Waals surface area contributed by atoms with Crippen LogP contribution in [0.1, 0.15) is 18.4 Å². The van der Waals surface area contributed by atoms with Crippen LogP contribution in [-0.4, -0.2) is 50.2 Å². The van der Waals surface area contributed by atoms with E-state index in [2.05, 4.69) is 0 Å². The lowest BCUT2D eigenvalue weighted by Crippen LogP contribution is -2.48. The lowest BCUT2D eigenvalue weighted by atomic mass is 9.88. The second-order valence-electron chi connectivity index (χ2n) is 7.79. The van der Waals surface area contributed by atoms with E-state index in [0.717, 1.165) is 0 Å². The number of sulfonamides is 1. The summed E-state index contributed by atoms with van der Waals surface area (Å²) in [7, 11) is -3.56.